The van der Waals surface area contributed by atoms with Gasteiger partial charge in [0.2, 0.25) is 0 Å². The van der Waals surface area contributed by atoms with Crippen molar-refractivity contribution < 1.29 is 27.1 Å². The van der Waals surface area contributed by atoms with Gasteiger partial charge in [-0.2, -0.15) is 18.3 Å². The number of benzene rings is 3. The van der Waals surface area contributed by atoms with Gasteiger partial charge in [0.1, 0.15) is 17.7 Å². The maximum absolute atomic E-state index is 13.3. The van der Waals surface area contributed by atoms with Gasteiger partial charge in [-0.15, -0.1) is 0 Å². The van der Waals surface area contributed by atoms with E-state index in [1.807, 2.05) is 24.4 Å². The highest BCUT2D eigenvalue weighted by molar-refractivity contribution is 5.82. The van der Waals surface area contributed by atoms with E-state index in [-0.39, 0.29) is 5.82 Å². The number of fused-ring (bicyclic) bond motifs is 1. The first-order chi connectivity index (χ1) is 16.7. The fourth-order valence-corrected chi connectivity index (χ4v) is 3.79. The Morgan fingerprint density at radius 1 is 1.06 bits per heavy atom. The zero-order chi connectivity index (χ0) is 25.2. The van der Waals surface area contributed by atoms with Gasteiger partial charge in [-0.1, -0.05) is 31.2 Å². The molecule has 5 nitrogen and oxygen atoms in total. The van der Waals surface area contributed by atoms with Crippen molar-refractivity contribution in [3.05, 3.63) is 89.9 Å². The molecule has 0 spiro atoms. The quantitative estimate of drug-likeness (QED) is 0.331. The summed E-state index contributed by atoms with van der Waals surface area (Å²) in [6.45, 7) is 3.46. The van der Waals surface area contributed by atoms with Crippen LogP contribution in [-0.2, 0) is 11.2 Å². The van der Waals surface area contributed by atoms with Crippen LogP contribution in [0.25, 0.3) is 16.6 Å². The smallest absolute Gasteiger partial charge is 0.471 e. The molecule has 0 saturated heterocycles. The van der Waals surface area contributed by atoms with Crippen molar-refractivity contribution in [2.75, 3.05) is 0 Å². The van der Waals surface area contributed by atoms with Crippen molar-refractivity contribution >= 4 is 16.8 Å². The lowest BCUT2D eigenvalue weighted by Gasteiger charge is -2.27. The third-order valence-corrected chi connectivity index (χ3v) is 5.66. The Labute approximate surface area is 199 Å². The lowest BCUT2D eigenvalue weighted by molar-refractivity contribution is -0.174. The van der Waals surface area contributed by atoms with E-state index in [2.05, 4.69) is 5.10 Å². The summed E-state index contributed by atoms with van der Waals surface area (Å²) >= 11 is 0. The van der Waals surface area contributed by atoms with Crippen LogP contribution in [0.2, 0.25) is 0 Å². The summed E-state index contributed by atoms with van der Waals surface area (Å²) in [6.07, 6.45) is -3.46. The monoisotopic (exact) mass is 485 g/mol. The molecule has 35 heavy (non-hydrogen) atoms. The number of carbonyl (C=O) groups excluding carboxylic acids is 1. The topological polar surface area (TPSA) is 56.1 Å². The number of aromatic nitrogens is 2. The Bertz CT molecular complexity index is 1320. The zero-order valence-electron chi connectivity index (χ0n) is 19.0. The molecule has 1 aromatic heterocycles. The molecule has 0 bridgehead atoms. The average Bonchev–Trinajstić information content (AvgIpc) is 3.25. The molecule has 4 aromatic rings. The minimum Gasteiger partial charge on any atom is -0.484 e. The largest absolute Gasteiger partial charge is 0.484 e. The molecule has 1 heterocycles. The van der Waals surface area contributed by atoms with Crippen molar-refractivity contribution in [2.45, 2.75) is 38.6 Å². The number of ether oxygens (including phenoxy) is 1. The molecular formula is C26H23F4N3O2. The van der Waals surface area contributed by atoms with Crippen LogP contribution in [0.3, 0.4) is 0 Å². The third-order valence-electron chi connectivity index (χ3n) is 5.66. The van der Waals surface area contributed by atoms with Crippen molar-refractivity contribution in [1.82, 2.24) is 15.1 Å². The second-order valence-electron chi connectivity index (χ2n) is 8.15. The molecular weight excluding hydrogens is 462 g/mol. The number of hydrogen-bond donors (Lipinski definition) is 1. The minimum absolute atomic E-state index is 0.356. The lowest BCUT2D eigenvalue weighted by atomic mass is 10.0. The highest BCUT2D eigenvalue weighted by Gasteiger charge is 2.40. The molecule has 3 aromatic carbocycles. The predicted octanol–water partition coefficient (Wildman–Crippen LogP) is 5.91. The van der Waals surface area contributed by atoms with Crippen molar-refractivity contribution in [2.24, 2.45) is 0 Å². The average molecular weight is 485 g/mol. The summed E-state index contributed by atoms with van der Waals surface area (Å²) in [5, 5.41) is 7.07. The fraction of sp³-hybridized carbons (Fsp3) is 0.231. The van der Waals surface area contributed by atoms with Gasteiger partial charge in [-0.05, 0) is 66.9 Å². The Morgan fingerprint density at radius 3 is 2.37 bits per heavy atom. The molecule has 0 saturated carbocycles. The second-order valence-corrected chi connectivity index (χ2v) is 8.15. The first-order valence-electron chi connectivity index (χ1n) is 11.0. The van der Waals surface area contributed by atoms with Crippen LogP contribution in [0, 0.1) is 5.82 Å². The summed E-state index contributed by atoms with van der Waals surface area (Å²) in [7, 11) is 0. The first-order valence-corrected chi connectivity index (χ1v) is 11.0. The van der Waals surface area contributed by atoms with Crippen LogP contribution in [-0.4, -0.2) is 27.9 Å². The minimum atomic E-state index is -5.00. The Morgan fingerprint density at radius 2 is 1.74 bits per heavy atom. The Hall–Kier alpha value is -3.88. The van der Waals surface area contributed by atoms with Gasteiger partial charge in [0, 0.05) is 5.39 Å². The maximum atomic E-state index is 13.3. The predicted molar refractivity (Wildman–Crippen MR) is 124 cm³/mol. The SMILES string of the molecule is CCc1ccc(C(Oc2ccc3c(cnn3-c3ccc(F)cc3)c2)C(C)NC(=O)C(F)(F)F)cc1. The molecule has 0 radical (unpaired) electrons. The van der Waals surface area contributed by atoms with Crippen molar-refractivity contribution in [3.63, 3.8) is 0 Å². The van der Waals surface area contributed by atoms with E-state index in [0.717, 1.165) is 22.9 Å². The van der Waals surface area contributed by atoms with Crippen LogP contribution in [0.5, 0.6) is 5.75 Å². The Kier molecular flexibility index (Phi) is 6.77. The molecule has 0 aliphatic heterocycles. The Balaban J connectivity index is 1.64. The molecule has 2 atom stereocenters. The van der Waals surface area contributed by atoms with Crippen LogP contribution in [0.1, 0.15) is 31.1 Å². The highest BCUT2D eigenvalue weighted by Crippen LogP contribution is 2.30. The van der Waals surface area contributed by atoms with Gasteiger partial charge in [0.25, 0.3) is 0 Å². The van der Waals surface area contributed by atoms with Crippen LogP contribution < -0.4 is 10.1 Å². The fourth-order valence-electron chi connectivity index (χ4n) is 3.79. The molecule has 9 heteroatoms. The van der Waals surface area contributed by atoms with Gasteiger partial charge in [0.15, 0.2) is 0 Å². The van der Waals surface area contributed by atoms with E-state index in [1.165, 1.54) is 19.1 Å². The number of halogens is 4. The number of amides is 1. The molecule has 4 rings (SSSR count). The summed E-state index contributed by atoms with van der Waals surface area (Å²) in [5.74, 6) is -1.99. The van der Waals surface area contributed by atoms with E-state index < -0.39 is 24.2 Å². The lowest BCUT2D eigenvalue weighted by Crippen LogP contribution is -2.45. The van der Waals surface area contributed by atoms with Gasteiger partial charge >= 0.3 is 12.1 Å². The molecule has 0 fully saturated rings. The number of carbonyl (C=O) groups is 1. The number of nitrogens with zero attached hydrogens (tertiary/aromatic N) is 2. The second kappa shape index (κ2) is 9.77. The van der Waals surface area contributed by atoms with E-state index in [9.17, 15) is 22.4 Å². The number of alkyl halides is 3. The number of rotatable bonds is 7. The summed E-state index contributed by atoms with van der Waals surface area (Å²) in [4.78, 5) is 11.6. The standard InChI is InChI=1S/C26H23F4N3O2/c1-3-17-4-6-18(7-5-17)24(16(2)32-25(34)26(28,29)30)35-22-12-13-23-19(14-22)15-31-33(23)21-10-8-20(27)9-11-21/h4-16,24H,3H2,1-2H3,(H,32,34). The van der Waals surface area contributed by atoms with E-state index in [0.29, 0.717) is 17.0 Å². The van der Waals surface area contributed by atoms with E-state index >= 15 is 0 Å². The number of aryl methyl sites for hydroxylation is 1. The van der Waals surface area contributed by atoms with Crippen LogP contribution in [0.4, 0.5) is 17.6 Å². The normalized spacial score (nSPS) is 13.4. The summed E-state index contributed by atoms with van der Waals surface area (Å²) in [5.41, 5.74) is 3.10. The molecule has 2 unspecified atom stereocenters. The molecule has 0 aliphatic carbocycles. The van der Waals surface area contributed by atoms with Gasteiger partial charge in [0.05, 0.1) is 23.4 Å². The highest BCUT2D eigenvalue weighted by atomic mass is 19.4. The van der Waals surface area contributed by atoms with Crippen molar-refractivity contribution in [1.29, 1.82) is 0 Å². The summed E-state index contributed by atoms with van der Waals surface area (Å²) in [6, 6.07) is 17.4. The molecule has 1 N–H and O–H groups in total. The van der Waals surface area contributed by atoms with E-state index in [1.54, 1.807) is 53.3 Å². The van der Waals surface area contributed by atoms with Gasteiger partial charge in [-0.3, -0.25) is 4.79 Å². The third kappa shape index (κ3) is 5.45. The van der Waals surface area contributed by atoms with Crippen LogP contribution in [0.15, 0.2) is 72.9 Å². The van der Waals surface area contributed by atoms with E-state index in [4.69, 9.17) is 4.74 Å². The first kappa shape index (κ1) is 24.3. The van der Waals surface area contributed by atoms with Gasteiger partial charge in [-0.25, -0.2) is 9.07 Å². The summed E-state index contributed by atoms with van der Waals surface area (Å²) < 4.78 is 59.6. The van der Waals surface area contributed by atoms with Crippen molar-refractivity contribution in [3.8, 4) is 11.4 Å². The number of hydrogen-bond acceptors (Lipinski definition) is 3. The number of nitrogens with one attached hydrogen (secondary N) is 1. The zero-order valence-corrected chi connectivity index (χ0v) is 19.0. The molecule has 182 valence electrons. The molecule has 0 aliphatic rings. The van der Waals surface area contributed by atoms with Crippen LogP contribution >= 0.6 is 0 Å². The van der Waals surface area contributed by atoms with Gasteiger partial charge < -0.3 is 10.1 Å². The maximum Gasteiger partial charge on any atom is 0.471 e. The molecule has 1 amide bonds.